The summed E-state index contributed by atoms with van der Waals surface area (Å²) in [6.45, 7) is 7.16. The van der Waals surface area contributed by atoms with Crippen molar-refractivity contribution in [3.63, 3.8) is 0 Å². The molecule has 0 bridgehead atoms. The van der Waals surface area contributed by atoms with Crippen LogP contribution >= 0.6 is 19.1 Å². The third-order valence-electron chi connectivity index (χ3n) is 2.09. The van der Waals surface area contributed by atoms with Crippen molar-refractivity contribution in [1.29, 1.82) is 0 Å². The van der Waals surface area contributed by atoms with Crippen LogP contribution in [-0.2, 0) is 35.1 Å². The molecule has 0 aliphatic heterocycles. The van der Waals surface area contributed by atoms with Gasteiger partial charge in [-0.1, -0.05) is 0 Å². The normalized spacial score (nSPS) is 7.92. The third kappa shape index (κ3) is 11.1. The van der Waals surface area contributed by atoms with Gasteiger partial charge in [-0.2, -0.15) is 0 Å². The second kappa shape index (κ2) is 18.2. The van der Waals surface area contributed by atoms with Gasteiger partial charge < -0.3 is 19.1 Å². The van der Waals surface area contributed by atoms with E-state index in [0.717, 1.165) is 0 Å². The summed E-state index contributed by atoms with van der Waals surface area (Å²) in [6, 6.07) is 6.20. The second-order valence-electron chi connectivity index (χ2n) is 3.24. The molecule has 0 N–H and O–H groups in total. The van der Waals surface area contributed by atoms with Gasteiger partial charge in [0.1, 0.15) is 11.5 Å². The van der Waals surface area contributed by atoms with Crippen LogP contribution in [0.2, 0.25) is 0 Å². The number of ether oxygens (including phenoxy) is 2. The number of nitrogens with zero attached hydrogens (tertiary/aromatic N) is 2. The van der Waals surface area contributed by atoms with E-state index < -0.39 is 15.9 Å². The second-order valence-corrected chi connectivity index (χ2v) is 7.16. The first-order valence-corrected chi connectivity index (χ1v) is 12.5. The summed E-state index contributed by atoms with van der Waals surface area (Å²) in [4.78, 5) is 44.2. The van der Waals surface area contributed by atoms with Crippen LogP contribution in [0.4, 0.5) is 0 Å². The number of halogens is 2. The molecule has 0 aromatic carbocycles. The number of carbonyl (C=O) groups excluding carboxylic acids is 4. The maximum absolute atomic E-state index is 10.2. The first-order valence-electron chi connectivity index (χ1n) is 5.72. The fourth-order valence-corrected chi connectivity index (χ4v) is 1.36. The van der Waals surface area contributed by atoms with Gasteiger partial charge in [-0.05, 0) is 12.1 Å². The first kappa shape index (κ1) is 25.1. The molecule has 0 fully saturated rings. The van der Waals surface area contributed by atoms with Gasteiger partial charge in [0.25, 0.3) is 12.9 Å². The molecule has 0 saturated carbocycles. The van der Waals surface area contributed by atoms with Crippen LogP contribution in [0.25, 0.3) is 11.4 Å². The van der Waals surface area contributed by atoms with Gasteiger partial charge in [0, 0.05) is 24.5 Å². The van der Waals surface area contributed by atoms with Crippen LogP contribution < -0.4 is 9.47 Å². The monoisotopic (exact) mass is 559 g/mol. The topological polar surface area (TPSA) is 113 Å². The SMILES string of the molecule is O=COc1ccnc(-c2cc(OC=O)ccn2)c1.[CH-]=O.[CH-]=O.[Cl][Re][Cl]. The summed E-state index contributed by atoms with van der Waals surface area (Å²) >= 11 is -0.722. The third-order valence-corrected chi connectivity index (χ3v) is 2.09. The Morgan fingerprint density at radius 2 is 1.16 bits per heavy atom. The molecule has 2 aromatic rings. The molecular weight excluding hydrogens is 549 g/mol. The van der Waals surface area contributed by atoms with E-state index in [0.29, 0.717) is 35.8 Å². The van der Waals surface area contributed by atoms with Crippen LogP contribution in [0, 0.1) is 0 Å². The molecule has 8 nitrogen and oxygen atoms in total. The molecule has 2 rings (SSSR count). The van der Waals surface area contributed by atoms with Gasteiger partial charge >= 0.3 is 35.0 Å². The number of pyridine rings is 2. The van der Waals surface area contributed by atoms with Crippen molar-refractivity contribution < 1.29 is 44.6 Å². The van der Waals surface area contributed by atoms with Crippen molar-refractivity contribution >= 4 is 45.6 Å². The van der Waals surface area contributed by atoms with E-state index >= 15 is 0 Å². The van der Waals surface area contributed by atoms with Gasteiger partial charge in [0.15, 0.2) is 0 Å². The fourth-order valence-electron chi connectivity index (χ4n) is 1.36. The van der Waals surface area contributed by atoms with E-state index in [1.165, 1.54) is 12.4 Å². The number of hydrogen-bond acceptors (Lipinski definition) is 8. The summed E-state index contributed by atoms with van der Waals surface area (Å²) in [5.74, 6) is 0.719. The summed E-state index contributed by atoms with van der Waals surface area (Å²) in [5, 5.41) is 0. The average molecular weight is 559 g/mol. The van der Waals surface area contributed by atoms with Crippen LogP contribution in [0.5, 0.6) is 11.5 Å². The molecule has 0 atom stereocenters. The predicted molar refractivity (Wildman–Crippen MR) is 86.1 cm³/mol. The van der Waals surface area contributed by atoms with Crippen molar-refractivity contribution in [3.8, 4) is 22.9 Å². The summed E-state index contributed by atoms with van der Waals surface area (Å²) in [5.41, 5.74) is 1.01. The molecule has 0 saturated heterocycles. The molecular formula is C14H10Cl2N2O6Re-2. The van der Waals surface area contributed by atoms with Gasteiger partial charge in [0.2, 0.25) is 0 Å². The number of rotatable bonds is 5. The van der Waals surface area contributed by atoms with Crippen molar-refractivity contribution in [1.82, 2.24) is 9.97 Å². The molecule has 2 aromatic heterocycles. The molecule has 0 radical (unpaired) electrons. The van der Waals surface area contributed by atoms with E-state index in [-0.39, 0.29) is 0 Å². The van der Waals surface area contributed by atoms with E-state index in [2.05, 4.69) is 23.5 Å². The van der Waals surface area contributed by atoms with E-state index in [1.807, 2.05) is 0 Å². The minimum atomic E-state index is -0.722. The molecule has 0 spiro atoms. The Hall–Kier alpha value is -2.18. The van der Waals surface area contributed by atoms with Crippen LogP contribution in [-0.4, -0.2) is 36.5 Å². The molecule has 2 heterocycles. The van der Waals surface area contributed by atoms with Crippen molar-refractivity contribution in [2.45, 2.75) is 0 Å². The standard InChI is InChI=1S/C12H8N2O4.2CHO.2ClH.Re/c15-7-17-9-1-3-13-11(5-9)12-6-10(18-8-16)2-4-14-12;2*1-2;;;/h1-8H;2*1H;2*1H;/q;2*-1;;;+2/p-2. The zero-order valence-corrected chi connectivity index (χ0v) is 16.5. The molecule has 0 unspecified atom stereocenters. The molecule has 25 heavy (non-hydrogen) atoms. The zero-order valence-electron chi connectivity index (χ0n) is 12.3. The Kier molecular flexibility index (Phi) is 18.2. The maximum atomic E-state index is 10.2. The Labute approximate surface area is 159 Å². The van der Waals surface area contributed by atoms with Crippen molar-refractivity contribution in [3.05, 3.63) is 36.7 Å². The van der Waals surface area contributed by atoms with Gasteiger partial charge in [-0.15, -0.1) is 0 Å². The number of hydrogen-bond donors (Lipinski definition) is 0. The Balaban J connectivity index is 0. The first-order chi connectivity index (χ1) is 12.2. The Morgan fingerprint density at radius 1 is 0.840 bits per heavy atom. The number of carbonyl (C=O) groups is 2. The van der Waals surface area contributed by atoms with Gasteiger partial charge in [-0.25, -0.2) is 0 Å². The van der Waals surface area contributed by atoms with Crippen molar-refractivity contribution in [2.24, 2.45) is 0 Å². The molecule has 0 aliphatic rings. The fraction of sp³-hybridized carbons (Fsp3) is 0. The summed E-state index contributed by atoms with van der Waals surface area (Å²) in [7, 11) is 9.83. The Bertz CT molecular complexity index is 582. The summed E-state index contributed by atoms with van der Waals surface area (Å²) in [6.07, 6.45) is 2.98. The minimum absolute atomic E-state index is 0.332. The van der Waals surface area contributed by atoms with E-state index in [9.17, 15) is 9.59 Å². The molecule has 0 aliphatic carbocycles. The van der Waals surface area contributed by atoms with E-state index in [4.69, 9.17) is 38.1 Å². The molecule has 11 heteroatoms. The predicted octanol–water partition coefficient (Wildman–Crippen LogP) is 2.04. The van der Waals surface area contributed by atoms with E-state index in [1.54, 1.807) is 24.3 Å². The zero-order chi connectivity index (χ0) is 19.5. The molecule has 135 valence electrons. The molecule has 0 amide bonds. The van der Waals surface area contributed by atoms with Crippen molar-refractivity contribution in [2.75, 3.05) is 0 Å². The Morgan fingerprint density at radius 3 is 1.44 bits per heavy atom. The quantitative estimate of drug-likeness (QED) is 0.404. The van der Waals surface area contributed by atoms with Gasteiger partial charge in [0.05, 0.1) is 11.4 Å². The average Bonchev–Trinajstić information content (AvgIpc) is 2.67. The summed E-state index contributed by atoms with van der Waals surface area (Å²) < 4.78 is 9.42. The van der Waals surface area contributed by atoms with Gasteiger partial charge in [-0.3, -0.25) is 33.1 Å². The number of aromatic nitrogens is 2. The van der Waals surface area contributed by atoms with Crippen LogP contribution in [0.1, 0.15) is 0 Å². The van der Waals surface area contributed by atoms with Crippen LogP contribution in [0.15, 0.2) is 36.7 Å². The van der Waals surface area contributed by atoms with Crippen LogP contribution in [0.3, 0.4) is 0 Å².